The summed E-state index contributed by atoms with van der Waals surface area (Å²) >= 11 is 0. The smallest absolute Gasteiger partial charge is 0.269 e. The predicted molar refractivity (Wildman–Crippen MR) is 109 cm³/mol. The van der Waals surface area contributed by atoms with Crippen LogP contribution in [0.5, 0.6) is 11.5 Å². The molecule has 1 aliphatic heterocycles. The quantitative estimate of drug-likeness (QED) is 0.570. The molecule has 0 fully saturated rings. The average Bonchev–Trinajstić information content (AvgIpc) is 3.22. The second kappa shape index (κ2) is 9.18. The van der Waals surface area contributed by atoms with Gasteiger partial charge in [0.25, 0.3) is 17.4 Å². The van der Waals surface area contributed by atoms with Crippen molar-refractivity contribution in [2.75, 3.05) is 19.9 Å². The van der Waals surface area contributed by atoms with Crippen LogP contribution in [0, 0.1) is 0 Å². The maximum atomic E-state index is 12.6. The number of hydrazine groups is 1. The maximum absolute atomic E-state index is 12.6. The topological polar surface area (TPSA) is 136 Å². The van der Waals surface area contributed by atoms with Gasteiger partial charge in [-0.05, 0) is 24.3 Å². The van der Waals surface area contributed by atoms with Crippen molar-refractivity contribution in [2.45, 2.75) is 25.3 Å². The van der Waals surface area contributed by atoms with Gasteiger partial charge in [-0.2, -0.15) is 4.31 Å². The number of pyridine rings is 1. The van der Waals surface area contributed by atoms with Crippen molar-refractivity contribution < 1.29 is 27.5 Å². The Balaban J connectivity index is 1.66. The lowest BCUT2D eigenvalue weighted by Crippen LogP contribution is -2.44. The number of hydrogen-bond acceptors (Lipinski definition) is 7. The maximum Gasteiger partial charge on any atom is 0.269 e. The van der Waals surface area contributed by atoms with Crippen LogP contribution in [0.25, 0.3) is 0 Å². The molecule has 2 aromatic rings. The van der Waals surface area contributed by atoms with Gasteiger partial charge in [0.05, 0.1) is 4.90 Å². The van der Waals surface area contributed by atoms with Crippen LogP contribution in [0.15, 0.2) is 46.2 Å². The highest BCUT2D eigenvalue weighted by Crippen LogP contribution is 2.32. The summed E-state index contributed by atoms with van der Waals surface area (Å²) < 4.78 is 37.8. The second-order valence-electron chi connectivity index (χ2n) is 6.49. The molecule has 12 heteroatoms. The van der Waals surface area contributed by atoms with E-state index in [-0.39, 0.29) is 30.3 Å². The van der Waals surface area contributed by atoms with E-state index in [2.05, 4.69) is 10.9 Å². The van der Waals surface area contributed by atoms with E-state index in [1.54, 1.807) is 19.9 Å². The molecule has 31 heavy (non-hydrogen) atoms. The first-order chi connectivity index (χ1) is 14.8. The van der Waals surface area contributed by atoms with E-state index in [4.69, 9.17) is 9.47 Å². The minimum Gasteiger partial charge on any atom is -0.454 e. The molecule has 0 atom stereocenters. The van der Waals surface area contributed by atoms with Gasteiger partial charge in [-0.1, -0.05) is 13.8 Å². The number of rotatable bonds is 7. The second-order valence-corrected chi connectivity index (χ2v) is 8.43. The largest absolute Gasteiger partial charge is 0.454 e. The summed E-state index contributed by atoms with van der Waals surface area (Å²) in [5.74, 6) is -0.387. The number of carbonyl (C=O) groups is 2. The van der Waals surface area contributed by atoms with Crippen molar-refractivity contribution in [3.05, 3.63) is 52.4 Å². The average molecular weight is 450 g/mol. The van der Waals surface area contributed by atoms with Crippen LogP contribution in [-0.4, -0.2) is 49.0 Å². The molecule has 0 saturated heterocycles. The SMILES string of the molecule is CCN(CC)S(=O)(=O)c1ccc(=O)n(CC(=O)NNC(=O)c2ccc3c(c2)OCO3)c1. The molecule has 1 aromatic heterocycles. The first-order valence-corrected chi connectivity index (χ1v) is 10.9. The van der Waals surface area contributed by atoms with Crippen molar-refractivity contribution in [3.8, 4) is 11.5 Å². The number of nitrogens with zero attached hydrogens (tertiary/aromatic N) is 2. The number of amides is 2. The Morgan fingerprint density at radius 3 is 2.48 bits per heavy atom. The van der Waals surface area contributed by atoms with Crippen molar-refractivity contribution in [1.29, 1.82) is 0 Å². The lowest BCUT2D eigenvalue weighted by atomic mass is 10.2. The van der Waals surface area contributed by atoms with Gasteiger partial charge in [0.1, 0.15) is 6.54 Å². The van der Waals surface area contributed by atoms with E-state index in [9.17, 15) is 22.8 Å². The summed E-state index contributed by atoms with van der Waals surface area (Å²) in [6.45, 7) is 3.52. The minimum atomic E-state index is -3.79. The third-order valence-electron chi connectivity index (χ3n) is 4.56. The third kappa shape index (κ3) is 4.86. The number of ether oxygens (including phenoxy) is 2. The molecular formula is C19H22N4O7S. The van der Waals surface area contributed by atoms with Crippen molar-refractivity contribution in [1.82, 2.24) is 19.7 Å². The normalized spacial score (nSPS) is 12.6. The standard InChI is InChI=1S/C19H22N4O7S/c1-3-23(4-2)31(27,28)14-6-8-18(25)22(10-14)11-17(24)20-21-19(26)13-5-7-15-16(9-13)30-12-29-15/h5-10H,3-4,11-12H2,1-2H3,(H,20,24)(H,21,26). The molecule has 2 heterocycles. The highest BCUT2D eigenvalue weighted by molar-refractivity contribution is 7.89. The van der Waals surface area contributed by atoms with Gasteiger partial charge in [-0.25, -0.2) is 8.42 Å². The van der Waals surface area contributed by atoms with Gasteiger partial charge in [-0.15, -0.1) is 0 Å². The fourth-order valence-corrected chi connectivity index (χ4v) is 4.41. The molecule has 2 amide bonds. The van der Waals surface area contributed by atoms with Gasteiger partial charge in [0.2, 0.25) is 16.8 Å². The van der Waals surface area contributed by atoms with Crippen molar-refractivity contribution in [3.63, 3.8) is 0 Å². The number of aromatic nitrogens is 1. The Labute approximate surface area is 178 Å². The Morgan fingerprint density at radius 2 is 1.77 bits per heavy atom. The fourth-order valence-electron chi connectivity index (χ4n) is 2.93. The summed E-state index contributed by atoms with van der Waals surface area (Å²) in [5.41, 5.74) is 4.10. The summed E-state index contributed by atoms with van der Waals surface area (Å²) in [6.07, 6.45) is 1.11. The summed E-state index contributed by atoms with van der Waals surface area (Å²) in [6, 6.07) is 6.82. The summed E-state index contributed by atoms with van der Waals surface area (Å²) in [7, 11) is -3.79. The molecule has 1 aliphatic rings. The molecule has 0 saturated carbocycles. The predicted octanol–water partition coefficient (Wildman–Crippen LogP) is 0.0687. The number of benzene rings is 1. The lowest BCUT2D eigenvalue weighted by Gasteiger charge is -2.19. The van der Waals surface area contributed by atoms with E-state index in [1.807, 2.05) is 0 Å². The molecule has 0 aliphatic carbocycles. The number of carbonyl (C=O) groups excluding carboxylic acids is 2. The molecule has 2 N–H and O–H groups in total. The van der Waals surface area contributed by atoms with Crippen molar-refractivity contribution in [2.24, 2.45) is 0 Å². The zero-order valence-electron chi connectivity index (χ0n) is 17.0. The zero-order chi connectivity index (χ0) is 22.6. The van der Waals surface area contributed by atoms with Crippen LogP contribution >= 0.6 is 0 Å². The fraction of sp³-hybridized carbons (Fsp3) is 0.316. The van der Waals surface area contributed by atoms with Crippen LogP contribution < -0.4 is 25.9 Å². The minimum absolute atomic E-state index is 0.0644. The number of fused-ring (bicyclic) bond motifs is 1. The zero-order valence-corrected chi connectivity index (χ0v) is 17.8. The Bertz CT molecular complexity index is 1160. The van der Waals surface area contributed by atoms with Gasteiger partial charge >= 0.3 is 0 Å². The van der Waals surface area contributed by atoms with Gasteiger partial charge < -0.3 is 14.0 Å². The highest BCUT2D eigenvalue weighted by atomic mass is 32.2. The number of sulfonamides is 1. The Kier molecular flexibility index (Phi) is 6.61. The van der Waals surface area contributed by atoms with Crippen molar-refractivity contribution >= 4 is 21.8 Å². The molecule has 11 nitrogen and oxygen atoms in total. The van der Waals surface area contributed by atoms with Crippen LogP contribution in [0.2, 0.25) is 0 Å². The summed E-state index contributed by atoms with van der Waals surface area (Å²) in [4.78, 5) is 36.4. The van der Waals surface area contributed by atoms with Crippen LogP contribution in [0.3, 0.4) is 0 Å². The van der Waals surface area contributed by atoms with E-state index in [0.717, 1.165) is 16.8 Å². The number of nitrogens with one attached hydrogen (secondary N) is 2. The molecule has 0 spiro atoms. The van der Waals surface area contributed by atoms with E-state index in [1.165, 1.54) is 22.5 Å². The first kappa shape index (κ1) is 22.3. The van der Waals surface area contributed by atoms with E-state index < -0.39 is 33.9 Å². The molecule has 0 unspecified atom stereocenters. The molecule has 0 bridgehead atoms. The summed E-state index contributed by atoms with van der Waals surface area (Å²) in [5, 5.41) is 0. The molecular weight excluding hydrogens is 428 g/mol. The van der Waals surface area contributed by atoms with Gasteiger partial charge in [-0.3, -0.25) is 25.2 Å². The highest BCUT2D eigenvalue weighted by Gasteiger charge is 2.23. The van der Waals surface area contributed by atoms with Crippen LogP contribution in [0.1, 0.15) is 24.2 Å². The molecule has 0 radical (unpaired) electrons. The van der Waals surface area contributed by atoms with Gasteiger partial charge in [0, 0.05) is 30.9 Å². The van der Waals surface area contributed by atoms with E-state index >= 15 is 0 Å². The van der Waals surface area contributed by atoms with Crippen LogP contribution in [-0.2, 0) is 21.4 Å². The number of hydrogen-bond donors (Lipinski definition) is 2. The van der Waals surface area contributed by atoms with Gasteiger partial charge in [0.15, 0.2) is 11.5 Å². The Hall–Kier alpha value is -3.38. The third-order valence-corrected chi connectivity index (χ3v) is 6.60. The van der Waals surface area contributed by atoms with Crippen LogP contribution in [0.4, 0.5) is 0 Å². The molecule has 3 rings (SSSR count). The molecule has 1 aromatic carbocycles. The first-order valence-electron chi connectivity index (χ1n) is 9.45. The monoisotopic (exact) mass is 450 g/mol. The molecule has 166 valence electrons. The lowest BCUT2D eigenvalue weighted by molar-refractivity contribution is -0.122. The Morgan fingerprint density at radius 1 is 1.06 bits per heavy atom. The van der Waals surface area contributed by atoms with E-state index in [0.29, 0.717) is 11.5 Å².